The number of aliphatic carboxylic acids is 1. The minimum absolute atomic E-state index is 0.155. The highest BCUT2D eigenvalue weighted by atomic mass is 35.5. The standard InChI is InChI=1S/C7H8ClNO4/c8-4(7(12)13)3-9-5(10)1-2-6(9)11/h4H,1-3H2,(H,12,13). The lowest BCUT2D eigenvalue weighted by Crippen LogP contribution is -2.37. The van der Waals surface area contributed by atoms with Gasteiger partial charge >= 0.3 is 5.97 Å². The Hall–Kier alpha value is -1.10. The molecule has 1 saturated heterocycles. The van der Waals surface area contributed by atoms with E-state index in [1.165, 1.54) is 0 Å². The minimum atomic E-state index is -1.23. The quantitative estimate of drug-likeness (QED) is 0.513. The molecular weight excluding hydrogens is 198 g/mol. The van der Waals surface area contributed by atoms with Gasteiger partial charge in [0.1, 0.15) is 5.38 Å². The van der Waals surface area contributed by atoms with E-state index in [-0.39, 0.29) is 31.2 Å². The molecule has 13 heavy (non-hydrogen) atoms. The normalized spacial score (nSPS) is 19.3. The molecule has 0 aliphatic carbocycles. The van der Waals surface area contributed by atoms with Crippen LogP contribution in [0.1, 0.15) is 12.8 Å². The SMILES string of the molecule is O=C(O)C(Cl)CN1C(=O)CCC1=O. The molecule has 1 heterocycles. The van der Waals surface area contributed by atoms with E-state index in [9.17, 15) is 14.4 Å². The number of alkyl halides is 1. The van der Waals surface area contributed by atoms with Crippen LogP contribution in [0, 0.1) is 0 Å². The smallest absolute Gasteiger partial charge is 0.323 e. The molecule has 0 bridgehead atoms. The third kappa shape index (κ3) is 2.18. The van der Waals surface area contributed by atoms with Gasteiger partial charge in [0.15, 0.2) is 0 Å². The topological polar surface area (TPSA) is 74.7 Å². The van der Waals surface area contributed by atoms with Crippen molar-refractivity contribution in [2.45, 2.75) is 18.2 Å². The number of imide groups is 1. The molecule has 0 radical (unpaired) electrons. The van der Waals surface area contributed by atoms with Crippen LogP contribution in [0.4, 0.5) is 0 Å². The molecule has 1 unspecified atom stereocenters. The van der Waals surface area contributed by atoms with Gasteiger partial charge in [-0.3, -0.25) is 19.3 Å². The average molecular weight is 206 g/mol. The van der Waals surface area contributed by atoms with Gasteiger partial charge in [-0.25, -0.2) is 0 Å². The van der Waals surface area contributed by atoms with Crippen molar-refractivity contribution in [1.82, 2.24) is 4.90 Å². The Labute approximate surface area is 79.3 Å². The van der Waals surface area contributed by atoms with Crippen molar-refractivity contribution in [1.29, 1.82) is 0 Å². The monoisotopic (exact) mass is 205 g/mol. The van der Waals surface area contributed by atoms with Gasteiger partial charge < -0.3 is 5.11 Å². The van der Waals surface area contributed by atoms with E-state index in [2.05, 4.69) is 0 Å². The summed E-state index contributed by atoms with van der Waals surface area (Å²) in [5.41, 5.74) is 0. The van der Waals surface area contributed by atoms with Gasteiger partial charge in [-0.2, -0.15) is 0 Å². The summed E-state index contributed by atoms with van der Waals surface area (Å²) in [7, 11) is 0. The number of nitrogens with zero attached hydrogens (tertiary/aromatic N) is 1. The lowest BCUT2D eigenvalue weighted by atomic mass is 10.4. The van der Waals surface area contributed by atoms with Crippen molar-refractivity contribution in [3.63, 3.8) is 0 Å². The highest BCUT2D eigenvalue weighted by molar-refractivity contribution is 6.30. The van der Waals surface area contributed by atoms with Crippen LogP contribution in [0.25, 0.3) is 0 Å². The number of amides is 2. The maximum atomic E-state index is 11.0. The summed E-state index contributed by atoms with van der Waals surface area (Å²) in [5, 5.41) is 7.22. The van der Waals surface area contributed by atoms with Crippen molar-refractivity contribution in [3.8, 4) is 0 Å². The Bertz CT molecular complexity index is 249. The van der Waals surface area contributed by atoms with Crippen molar-refractivity contribution in [3.05, 3.63) is 0 Å². The Morgan fingerprint density at radius 2 is 1.92 bits per heavy atom. The first-order valence-electron chi connectivity index (χ1n) is 3.72. The van der Waals surface area contributed by atoms with Gasteiger partial charge in [0.25, 0.3) is 0 Å². The van der Waals surface area contributed by atoms with E-state index in [4.69, 9.17) is 16.7 Å². The predicted octanol–water partition coefficient (Wildman–Crippen LogP) is -0.173. The highest BCUT2D eigenvalue weighted by Crippen LogP contribution is 2.13. The van der Waals surface area contributed by atoms with Crippen molar-refractivity contribution in [2.24, 2.45) is 0 Å². The van der Waals surface area contributed by atoms with Crippen LogP contribution in [0.5, 0.6) is 0 Å². The molecule has 5 nitrogen and oxygen atoms in total. The number of carbonyl (C=O) groups is 3. The zero-order chi connectivity index (χ0) is 10.0. The first-order chi connectivity index (χ1) is 6.02. The molecule has 2 amide bonds. The molecule has 72 valence electrons. The summed E-state index contributed by atoms with van der Waals surface area (Å²) in [5.74, 6) is -1.93. The second-order valence-electron chi connectivity index (χ2n) is 2.70. The molecule has 6 heteroatoms. The van der Waals surface area contributed by atoms with Gasteiger partial charge in [0.2, 0.25) is 11.8 Å². The number of halogens is 1. The zero-order valence-corrected chi connectivity index (χ0v) is 7.45. The number of carboxylic acids is 1. The summed E-state index contributed by atoms with van der Waals surface area (Å²) >= 11 is 5.38. The number of rotatable bonds is 3. The molecule has 1 rings (SSSR count). The van der Waals surface area contributed by atoms with E-state index >= 15 is 0 Å². The van der Waals surface area contributed by atoms with Crippen molar-refractivity contribution >= 4 is 29.4 Å². The fourth-order valence-electron chi connectivity index (χ4n) is 1.06. The Kier molecular flexibility index (Phi) is 2.87. The maximum Gasteiger partial charge on any atom is 0.323 e. The largest absolute Gasteiger partial charge is 0.480 e. The molecule has 0 aromatic rings. The fraction of sp³-hybridized carbons (Fsp3) is 0.571. The predicted molar refractivity (Wildman–Crippen MR) is 43.2 cm³/mol. The van der Waals surface area contributed by atoms with Crippen molar-refractivity contribution in [2.75, 3.05) is 6.54 Å². The summed E-state index contributed by atoms with van der Waals surface area (Å²) in [6, 6.07) is 0. The van der Waals surface area contributed by atoms with Gasteiger partial charge in [-0.05, 0) is 0 Å². The van der Waals surface area contributed by atoms with Crippen LogP contribution in [0.3, 0.4) is 0 Å². The summed E-state index contributed by atoms with van der Waals surface area (Å²) < 4.78 is 0. The Balaban J connectivity index is 2.57. The molecular formula is C7H8ClNO4. The number of likely N-dealkylation sites (tertiary alicyclic amines) is 1. The second kappa shape index (κ2) is 3.74. The number of hydrogen-bond acceptors (Lipinski definition) is 3. The molecule has 0 saturated carbocycles. The van der Waals surface area contributed by atoms with E-state index < -0.39 is 11.3 Å². The lowest BCUT2D eigenvalue weighted by Gasteiger charge is -2.14. The third-order valence-electron chi connectivity index (χ3n) is 1.77. The van der Waals surface area contributed by atoms with Crippen LogP contribution in [0.2, 0.25) is 0 Å². The summed E-state index contributed by atoms with van der Waals surface area (Å²) in [4.78, 5) is 33.2. The van der Waals surface area contributed by atoms with E-state index in [1.54, 1.807) is 0 Å². The van der Waals surface area contributed by atoms with Crippen LogP contribution in [-0.4, -0.2) is 39.7 Å². The first kappa shape index (κ1) is 9.98. The summed E-state index contributed by atoms with van der Waals surface area (Å²) in [6.45, 7) is -0.242. The summed E-state index contributed by atoms with van der Waals surface area (Å²) in [6.07, 6.45) is 0.310. The van der Waals surface area contributed by atoms with Gasteiger partial charge in [0, 0.05) is 12.8 Å². The highest BCUT2D eigenvalue weighted by Gasteiger charge is 2.32. The minimum Gasteiger partial charge on any atom is -0.480 e. The lowest BCUT2D eigenvalue weighted by molar-refractivity contribution is -0.140. The average Bonchev–Trinajstić information content (AvgIpc) is 2.35. The number of carboxylic acid groups (broad SMARTS) is 1. The zero-order valence-electron chi connectivity index (χ0n) is 6.70. The molecule has 1 aliphatic rings. The number of hydrogen-bond donors (Lipinski definition) is 1. The second-order valence-corrected chi connectivity index (χ2v) is 3.23. The molecule has 0 spiro atoms. The molecule has 1 N–H and O–H groups in total. The molecule has 1 atom stereocenters. The van der Waals surface area contributed by atoms with Gasteiger partial charge in [0.05, 0.1) is 6.54 Å². The van der Waals surface area contributed by atoms with Crippen LogP contribution < -0.4 is 0 Å². The first-order valence-corrected chi connectivity index (χ1v) is 4.16. The molecule has 0 aromatic carbocycles. The van der Waals surface area contributed by atoms with Gasteiger partial charge in [-0.1, -0.05) is 0 Å². The van der Waals surface area contributed by atoms with Crippen LogP contribution in [-0.2, 0) is 14.4 Å². The maximum absolute atomic E-state index is 11.0. The van der Waals surface area contributed by atoms with E-state index in [1.807, 2.05) is 0 Å². The molecule has 0 aromatic heterocycles. The fourth-order valence-corrected chi connectivity index (χ4v) is 1.20. The van der Waals surface area contributed by atoms with E-state index in [0.29, 0.717) is 0 Å². The molecule has 1 fully saturated rings. The van der Waals surface area contributed by atoms with E-state index in [0.717, 1.165) is 4.90 Å². The Morgan fingerprint density at radius 1 is 1.46 bits per heavy atom. The van der Waals surface area contributed by atoms with Crippen LogP contribution >= 0.6 is 11.6 Å². The van der Waals surface area contributed by atoms with Gasteiger partial charge in [-0.15, -0.1) is 11.6 Å². The number of carbonyl (C=O) groups excluding carboxylic acids is 2. The third-order valence-corrected chi connectivity index (χ3v) is 2.09. The molecule has 1 aliphatic heterocycles. The Morgan fingerprint density at radius 3 is 2.31 bits per heavy atom. The van der Waals surface area contributed by atoms with Crippen LogP contribution in [0.15, 0.2) is 0 Å². The van der Waals surface area contributed by atoms with Crippen molar-refractivity contribution < 1.29 is 19.5 Å².